The molecule has 2 saturated heterocycles. The molecule has 4 aliphatic rings. The summed E-state index contributed by atoms with van der Waals surface area (Å²) in [5.74, 6) is 2.62. The molecular weight excluding hydrogens is 326 g/mol. The highest BCUT2D eigenvalue weighted by Crippen LogP contribution is 2.63. The topological polar surface area (TPSA) is 49.8 Å². The van der Waals surface area contributed by atoms with E-state index < -0.39 is 5.60 Å². The molecule has 4 bridgehead atoms. The standard InChI is InChI=1S/C22H37NO3/c1-21(2,3)26-19(25)9-11-22-10-5-4-6-15-12-23-13-16(14-24)17(20(22)23)7-8-18(15)22/h15-18,20,24H,4-14H2,1-3H3/t15-,16+,17-,18+,20+,22+/m1/s1. The quantitative estimate of drug-likeness (QED) is 0.775. The molecule has 26 heavy (non-hydrogen) atoms. The van der Waals surface area contributed by atoms with Gasteiger partial charge >= 0.3 is 5.97 Å². The van der Waals surface area contributed by atoms with Crippen molar-refractivity contribution in [1.82, 2.24) is 4.90 Å². The SMILES string of the molecule is CC(C)(C)OC(=O)CC[C@@]12CCCC[C@@H]3CN4C[C@@H](CO)[C@@H](CC[C@@H]31)[C@H]42. The number of aliphatic hydroxyl groups excluding tert-OH is 1. The van der Waals surface area contributed by atoms with Crippen molar-refractivity contribution in [2.45, 2.75) is 83.8 Å². The van der Waals surface area contributed by atoms with E-state index in [4.69, 9.17) is 4.74 Å². The van der Waals surface area contributed by atoms with Crippen molar-refractivity contribution in [3.8, 4) is 0 Å². The van der Waals surface area contributed by atoms with Gasteiger partial charge in [-0.05, 0) is 82.0 Å². The Balaban J connectivity index is 1.59. The highest BCUT2D eigenvalue weighted by Gasteiger charge is 2.62. The maximum Gasteiger partial charge on any atom is 0.306 e. The second-order valence-electron chi connectivity index (χ2n) is 10.5. The predicted molar refractivity (Wildman–Crippen MR) is 102 cm³/mol. The van der Waals surface area contributed by atoms with Crippen LogP contribution in [-0.2, 0) is 9.53 Å². The lowest BCUT2D eigenvalue weighted by atomic mass is 9.51. The van der Waals surface area contributed by atoms with Crippen LogP contribution >= 0.6 is 0 Å². The minimum Gasteiger partial charge on any atom is -0.460 e. The first-order valence-corrected chi connectivity index (χ1v) is 10.9. The molecule has 4 nitrogen and oxygen atoms in total. The fraction of sp³-hybridized carbons (Fsp3) is 0.955. The van der Waals surface area contributed by atoms with Crippen molar-refractivity contribution in [3.63, 3.8) is 0 Å². The molecule has 1 N–H and O–H groups in total. The first-order valence-electron chi connectivity index (χ1n) is 10.9. The molecule has 4 heteroatoms. The second kappa shape index (κ2) is 6.77. The second-order valence-corrected chi connectivity index (χ2v) is 10.5. The van der Waals surface area contributed by atoms with Crippen molar-refractivity contribution in [2.75, 3.05) is 19.7 Å². The van der Waals surface area contributed by atoms with Crippen LogP contribution < -0.4 is 0 Å². The monoisotopic (exact) mass is 363 g/mol. The highest BCUT2D eigenvalue weighted by atomic mass is 16.6. The number of aliphatic hydroxyl groups is 1. The third kappa shape index (κ3) is 3.11. The zero-order valence-corrected chi connectivity index (χ0v) is 16.9. The molecule has 2 aliphatic heterocycles. The van der Waals surface area contributed by atoms with Crippen LogP contribution in [0.3, 0.4) is 0 Å². The number of carbonyl (C=O) groups excluding carboxylic acids is 1. The van der Waals surface area contributed by atoms with Crippen LogP contribution in [0.1, 0.15) is 72.1 Å². The average Bonchev–Trinajstić information content (AvgIpc) is 2.89. The van der Waals surface area contributed by atoms with Crippen LogP contribution in [0, 0.1) is 29.1 Å². The lowest BCUT2D eigenvalue weighted by molar-refractivity contribution is -0.158. The van der Waals surface area contributed by atoms with Crippen molar-refractivity contribution >= 4 is 5.97 Å². The number of carbonyl (C=O) groups is 1. The summed E-state index contributed by atoms with van der Waals surface area (Å²) in [6, 6.07) is 0.593. The van der Waals surface area contributed by atoms with Gasteiger partial charge in [0, 0.05) is 32.2 Å². The van der Waals surface area contributed by atoms with Crippen molar-refractivity contribution in [1.29, 1.82) is 0 Å². The van der Waals surface area contributed by atoms with Gasteiger partial charge in [0.25, 0.3) is 0 Å². The minimum absolute atomic E-state index is 0.0302. The van der Waals surface area contributed by atoms with Gasteiger partial charge in [0.05, 0.1) is 0 Å². The molecule has 2 saturated carbocycles. The Labute approximate surface area is 158 Å². The molecule has 0 aromatic heterocycles. The van der Waals surface area contributed by atoms with Gasteiger partial charge in [-0.3, -0.25) is 9.69 Å². The van der Waals surface area contributed by atoms with Gasteiger partial charge in [-0.15, -0.1) is 0 Å². The largest absolute Gasteiger partial charge is 0.460 e. The molecule has 0 aromatic carbocycles. The van der Waals surface area contributed by atoms with Gasteiger partial charge in [-0.25, -0.2) is 0 Å². The maximum atomic E-state index is 12.5. The van der Waals surface area contributed by atoms with Crippen LogP contribution in [0.25, 0.3) is 0 Å². The summed E-state index contributed by atoms with van der Waals surface area (Å²) in [6.45, 7) is 8.50. The van der Waals surface area contributed by atoms with E-state index in [1.54, 1.807) is 0 Å². The highest BCUT2D eigenvalue weighted by molar-refractivity contribution is 5.69. The van der Waals surface area contributed by atoms with Crippen LogP contribution in [0.4, 0.5) is 0 Å². The molecule has 148 valence electrons. The fourth-order valence-corrected chi connectivity index (χ4v) is 7.33. The molecule has 0 aromatic rings. The van der Waals surface area contributed by atoms with Gasteiger partial charge in [-0.1, -0.05) is 12.8 Å². The number of hydrogen-bond acceptors (Lipinski definition) is 4. The third-order valence-electron chi connectivity index (χ3n) is 7.97. The Bertz CT molecular complexity index is 542. The normalized spacial score (nSPS) is 42.4. The molecule has 2 heterocycles. The molecule has 4 rings (SSSR count). The molecule has 0 unspecified atom stereocenters. The van der Waals surface area contributed by atoms with Crippen LogP contribution in [0.2, 0.25) is 0 Å². The van der Waals surface area contributed by atoms with E-state index >= 15 is 0 Å². The zero-order valence-electron chi connectivity index (χ0n) is 16.9. The van der Waals surface area contributed by atoms with Crippen molar-refractivity contribution in [3.05, 3.63) is 0 Å². The van der Waals surface area contributed by atoms with Crippen LogP contribution in [0.5, 0.6) is 0 Å². The first-order chi connectivity index (χ1) is 12.3. The Kier molecular flexibility index (Phi) is 4.88. The lowest BCUT2D eigenvalue weighted by Gasteiger charge is -2.60. The molecular formula is C22H37NO3. The smallest absolute Gasteiger partial charge is 0.306 e. The Morgan fingerprint density at radius 2 is 2.00 bits per heavy atom. The molecule has 2 aliphatic carbocycles. The molecule has 0 radical (unpaired) electrons. The average molecular weight is 364 g/mol. The van der Waals surface area contributed by atoms with Crippen molar-refractivity contribution in [2.24, 2.45) is 29.1 Å². The number of nitrogens with zero attached hydrogens (tertiary/aromatic N) is 1. The summed E-state index contributed by atoms with van der Waals surface area (Å²) in [6.07, 6.45) is 9.42. The summed E-state index contributed by atoms with van der Waals surface area (Å²) in [5.41, 5.74) is -0.114. The van der Waals surface area contributed by atoms with Gasteiger partial charge in [0.2, 0.25) is 0 Å². The lowest BCUT2D eigenvalue weighted by Crippen LogP contribution is -2.61. The van der Waals surface area contributed by atoms with E-state index in [1.165, 1.54) is 45.1 Å². The number of hydrogen-bond donors (Lipinski definition) is 1. The summed E-state index contributed by atoms with van der Waals surface area (Å²) >= 11 is 0. The molecule has 4 fully saturated rings. The van der Waals surface area contributed by atoms with E-state index in [-0.39, 0.29) is 11.4 Å². The fourth-order valence-electron chi connectivity index (χ4n) is 7.33. The zero-order chi connectivity index (χ0) is 18.5. The number of rotatable bonds is 4. The summed E-state index contributed by atoms with van der Waals surface area (Å²) < 4.78 is 5.64. The number of esters is 1. The summed E-state index contributed by atoms with van der Waals surface area (Å²) in [7, 11) is 0. The molecule has 0 spiro atoms. The van der Waals surface area contributed by atoms with Crippen molar-refractivity contribution < 1.29 is 14.6 Å². The van der Waals surface area contributed by atoms with E-state index in [9.17, 15) is 9.90 Å². The Morgan fingerprint density at radius 3 is 2.73 bits per heavy atom. The van der Waals surface area contributed by atoms with Gasteiger partial charge < -0.3 is 9.84 Å². The number of ether oxygens (including phenoxy) is 1. The van der Waals surface area contributed by atoms with E-state index in [0.29, 0.717) is 30.9 Å². The van der Waals surface area contributed by atoms with Crippen LogP contribution in [0.15, 0.2) is 0 Å². The maximum absolute atomic E-state index is 12.5. The third-order valence-corrected chi connectivity index (χ3v) is 7.97. The van der Waals surface area contributed by atoms with Gasteiger partial charge in [-0.2, -0.15) is 0 Å². The minimum atomic E-state index is -0.395. The Hall–Kier alpha value is -0.610. The van der Waals surface area contributed by atoms with E-state index in [2.05, 4.69) is 4.90 Å². The summed E-state index contributed by atoms with van der Waals surface area (Å²) in [4.78, 5) is 15.2. The van der Waals surface area contributed by atoms with E-state index in [0.717, 1.165) is 24.8 Å². The predicted octanol–water partition coefficient (Wildman–Crippen LogP) is 3.62. The molecule has 6 atom stereocenters. The molecule has 0 amide bonds. The van der Waals surface area contributed by atoms with E-state index in [1.807, 2.05) is 20.8 Å². The number of piperidine rings is 1. The Morgan fingerprint density at radius 1 is 1.19 bits per heavy atom. The van der Waals surface area contributed by atoms with Crippen LogP contribution in [-0.4, -0.2) is 47.3 Å². The first kappa shape index (κ1) is 18.7. The van der Waals surface area contributed by atoms with Gasteiger partial charge in [0.15, 0.2) is 0 Å². The summed E-state index contributed by atoms with van der Waals surface area (Å²) in [5, 5.41) is 9.96. The van der Waals surface area contributed by atoms with Gasteiger partial charge in [0.1, 0.15) is 5.60 Å².